The summed E-state index contributed by atoms with van der Waals surface area (Å²) in [6.45, 7) is 0. The molecule has 15 rings (SSSR count). The largest absolute Gasteiger partial charge is 0.309 e. The first-order valence-corrected chi connectivity index (χ1v) is 31.3. The molecule has 0 radical (unpaired) electrons. The Morgan fingerprint density at radius 2 is 0.477 bits per heavy atom. The third-order valence-corrected chi connectivity index (χ3v) is 21.6. The van der Waals surface area contributed by atoms with E-state index in [0.29, 0.717) is 17.5 Å². The lowest BCUT2D eigenvalue weighted by molar-refractivity contribution is 1.07. The van der Waals surface area contributed by atoms with Crippen molar-refractivity contribution in [2.24, 2.45) is 0 Å². The van der Waals surface area contributed by atoms with Crippen molar-refractivity contribution < 1.29 is 0 Å². The molecule has 13 aromatic carbocycles. The van der Waals surface area contributed by atoms with Gasteiger partial charge < -0.3 is 4.57 Å². The molecule has 86 heavy (non-hydrogen) atoms. The molecule has 2 heterocycles. The van der Waals surface area contributed by atoms with E-state index in [1.165, 1.54) is 59.2 Å². The summed E-state index contributed by atoms with van der Waals surface area (Å²) < 4.78 is 2.37. The fourth-order valence-corrected chi connectivity index (χ4v) is 17.4. The predicted octanol–water partition coefficient (Wildman–Crippen LogP) is 17.7. The average molecular weight is 1110 g/mol. The highest BCUT2D eigenvalue weighted by atomic mass is 28.3. The van der Waals surface area contributed by atoms with Crippen LogP contribution in [0.2, 0.25) is 0 Å². The zero-order valence-corrected chi connectivity index (χ0v) is 48.1. The molecule has 0 saturated carbocycles. The van der Waals surface area contributed by atoms with Gasteiger partial charge in [-0.15, -0.1) is 0 Å². The van der Waals surface area contributed by atoms with Gasteiger partial charge in [-0.3, -0.25) is 0 Å². The Morgan fingerprint density at radius 1 is 0.198 bits per heavy atom. The van der Waals surface area contributed by atoms with E-state index in [1.54, 1.807) is 0 Å². The standard InChI is InChI=1S/C81H56N4Si/c1-5-21-57(22-6-1)64-23-17-24-65(53-64)58-41-47-61(48-42-58)79-82-80(84-81(83-79)63-51-45-60(46-52-63)68-27-19-29-70(55-68)85-77-39-15-13-37-75(77)76-38-14-16-40-78(76)85)62-49-43-59(44-50-62)66-25-18-26-67(54-66)69-28-20-36-74(56-69)86(71-30-7-2-8-31-71,72-32-9-3-10-33-72)73-34-11-4-12-35-73/h1-56H. The lowest BCUT2D eigenvalue weighted by Gasteiger charge is -2.34. The lowest BCUT2D eigenvalue weighted by atomic mass is 9.98. The molecule has 0 unspecified atom stereocenters. The molecule has 0 aliphatic heterocycles. The Bertz CT molecular complexity index is 4740. The number of benzene rings is 13. The van der Waals surface area contributed by atoms with Crippen molar-refractivity contribution in [3.63, 3.8) is 0 Å². The molecule has 0 aliphatic carbocycles. The molecule has 15 aromatic rings. The maximum atomic E-state index is 5.24. The van der Waals surface area contributed by atoms with Crippen molar-refractivity contribution in [3.8, 4) is 95.5 Å². The summed E-state index contributed by atoms with van der Waals surface area (Å²) in [5.74, 6) is 1.82. The number of aromatic nitrogens is 4. The topological polar surface area (TPSA) is 43.6 Å². The first-order chi connectivity index (χ1) is 42.6. The minimum atomic E-state index is -2.72. The van der Waals surface area contributed by atoms with Gasteiger partial charge >= 0.3 is 0 Å². The summed E-state index contributed by atoms with van der Waals surface area (Å²) in [6, 6.07) is 123. The summed E-state index contributed by atoms with van der Waals surface area (Å²) in [4.78, 5) is 15.7. The van der Waals surface area contributed by atoms with Crippen molar-refractivity contribution in [2.75, 3.05) is 0 Å². The first-order valence-electron chi connectivity index (χ1n) is 29.3. The molecule has 0 N–H and O–H groups in total. The second kappa shape index (κ2) is 22.6. The summed E-state index contributed by atoms with van der Waals surface area (Å²) in [7, 11) is -2.72. The molecule has 0 amide bonds. The van der Waals surface area contributed by atoms with Gasteiger partial charge in [0.1, 0.15) is 0 Å². The molecule has 0 atom stereocenters. The maximum absolute atomic E-state index is 5.24. The molecule has 0 saturated heterocycles. The van der Waals surface area contributed by atoms with Gasteiger partial charge in [-0.25, -0.2) is 15.0 Å². The smallest absolute Gasteiger partial charge is 0.179 e. The van der Waals surface area contributed by atoms with E-state index in [2.05, 4.69) is 344 Å². The molecule has 5 heteroatoms. The van der Waals surface area contributed by atoms with Crippen molar-refractivity contribution in [1.82, 2.24) is 19.5 Å². The van der Waals surface area contributed by atoms with Crippen LogP contribution in [0.4, 0.5) is 0 Å². The zero-order valence-electron chi connectivity index (χ0n) is 47.1. The number of rotatable bonds is 13. The average Bonchev–Trinajstić information content (AvgIpc) is 1.48. The van der Waals surface area contributed by atoms with E-state index in [-0.39, 0.29) is 0 Å². The number of nitrogens with zero attached hydrogens (tertiary/aromatic N) is 4. The number of hydrogen-bond acceptors (Lipinski definition) is 3. The Morgan fingerprint density at radius 3 is 0.895 bits per heavy atom. The summed E-state index contributed by atoms with van der Waals surface area (Å²) >= 11 is 0. The quantitative estimate of drug-likeness (QED) is 0.0854. The number of hydrogen-bond donors (Lipinski definition) is 0. The Balaban J connectivity index is 0.772. The van der Waals surface area contributed by atoms with Crippen LogP contribution >= 0.6 is 0 Å². The van der Waals surface area contributed by atoms with E-state index in [9.17, 15) is 0 Å². The van der Waals surface area contributed by atoms with E-state index in [4.69, 9.17) is 15.0 Å². The normalized spacial score (nSPS) is 11.5. The molecular weight excluding hydrogens is 1060 g/mol. The maximum Gasteiger partial charge on any atom is 0.179 e. The highest BCUT2D eigenvalue weighted by Crippen LogP contribution is 2.36. The van der Waals surface area contributed by atoms with Crippen molar-refractivity contribution in [2.45, 2.75) is 0 Å². The second-order valence-corrected chi connectivity index (χ2v) is 25.7. The van der Waals surface area contributed by atoms with E-state index in [1.807, 2.05) is 0 Å². The van der Waals surface area contributed by atoms with Gasteiger partial charge in [-0.2, -0.15) is 0 Å². The van der Waals surface area contributed by atoms with Gasteiger partial charge in [-0.05, 0) is 113 Å². The first kappa shape index (κ1) is 51.7. The summed E-state index contributed by atoms with van der Waals surface area (Å²) in [6.07, 6.45) is 0. The highest BCUT2D eigenvalue weighted by molar-refractivity contribution is 7.19. The Kier molecular flexibility index (Phi) is 13.6. The minimum Gasteiger partial charge on any atom is -0.309 e. The van der Waals surface area contributed by atoms with Crippen LogP contribution in [0, 0.1) is 0 Å². The third-order valence-electron chi connectivity index (χ3n) is 16.8. The van der Waals surface area contributed by atoms with E-state index in [0.717, 1.165) is 61.3 Å². The van der Waals surface area contributed by atoms with Gasteiger partial charge in [0, 0.05) is 33.2 Å². The highest BCUT2D eigenvalue weighted by Gasteiger charge is 2.41. The van der Waals surface area contributed by atoms with E-state index >= 15 is 0 Å². The zero-order chi connectivity index (χ0) is 57.2. The fraction of sp³-hybridized carbons (Fsp3) is 0. The Hall–Kier alpha value is -11.1. The van der Waals surface area contributed by atoms with Crippen LogP contribution in [-0.4, -0.2) is 27.6 Å². The summed E-state index contributed by atoms with van der Waals surface area (Å²) in [5, 5.41) is 7.89. The monoisotopic (exact) mass is 1110 g/mol. The molecule has 404 valence electrons. The van der Waals surface area contributed by atoms with Crippen LogP contribution in [0.1, 0.15) is 0 Å². The second-order valence-electron chi connectivity index (χ2n) is 21.9. The van der Waals surface area contributed by atoms with Crippen molar-refractivity contribution in [3.05, 3.63) is 340 Å². The van der Waals surface area contributed by atoms with Gasteiger partial charge in [-0.1, -0.05) is 303 Å². The Labute approximate surface area is 502 Å². The SMILES string of the molecule is c1ccc(-c2cccc(-c3ccc(-c4nc(-c5ccc(-c6cccc(-c7cccc([Si](c8ccccc8)(c8ccccc8)c8ccccc8)c7)c6)cc5)nc(-c5ccc(-c6cccc(-n7c8ccccc8c8ccccc87)c6)cc5)n4)cc3)c2)cc1. The van der Waals surface area contributed by atoms with E-state index < -0.39 is 8.07 Å². The van der Waals surface area contributed by atoms with Crippen LogP contribution in [0.15, 0.2) is 340 Å². The third kappa shape index (κ3) is 9.72. The predicted molar refractivity (Wildman–Crippen MR) is 361 cm³/mol. The van der Waals surface area contributed by atoms with Crippen LogP contribution in [0.3, 0.4) is 0 Å². The van der Waals surface area contributed by atoms with Gasteiger partial charge in [0.05, 0.1) is 11.0 Å². The van der Waals surface area contributed by atoms with Crippen molar-refractivity contribution >= 4 is 50.6 Å². The van der Waals surface area contributed by atoms with Crippen LogP contribution in [-0.2, 0) is 0 Å². The minimum absolute atomic E-state index is 0.604. The van der Waals surface area contributed by atoms with Crippen LogP contribution in [0.25, 0.3) is 117 Å². The summed E-state index contributed by atoms with van der Waals surface area (Å²) in [5.41, 5.74) is 17.6. The number of fused-ring (bicyclic) bond motifs is 3. The van der Waals surface area contributed by atoms with Crippen LogP contribution in [0.5, 0.6) is 0 Å². The molecule has 0 spiro atoms. The van der Waals surface area contributed by atoms with Gasteiger partial charge in [0.2, 0.25) is 0 Å². The van der Waals surface area contributed by atoms with Crippen molar-refractivity contribution in [1.29, 1.82) is 0 Å². The fourth-order valence-electron chi connectivity index (χ4n) is 12.6. The molecule has 0 aliphatic rings. The van der Waals surface area contributed by atoms with Crippen LogP contribution < -0.4 is 20.7 Å². The van der Waals surface area contributed by atoms with Gasteiger partial charge in [0.25, 0.3) is 0 Å². The van der Waals surface area contributed by atoms with Gasteiger partial charge in [0.15, 0.2) is 25.5 Å². The molecule has 0 fully saturated rings. The molecule has 0 bridgehead atoms. The molecule has 2 aromatic heterocycles. The lowest BCUT2D eigenvalue weighted by Crippen LogP contribution is -2.74. The molecule has 4 nitrogen and oxygen atoms in total. The molecular formula is C81H56N4Si. The number of para-hydroxylation sites is 2.